The molecular formula is C43H85NO5. The number of nitrogens with zero attached hydrogens (tertiary/aromatic N) is 1. The van der Waals surface area contributed by atoms with Crippen LogP contribution in [0.2, 0.25) is 0 Å². The van der Waals surface area contributed by atoms with E-state index in [1.54, 1.807) is 0 Å². The molecule has 0 spiro atoms. The Balaban J connectivity index is 3.96. The molecule has 0 aliphatic heterocycles. The van der Waals surface area contributed by atoms with Gasteiger partial charge in [-0.1, -0.05) is 149 Å². The van der Waals surface area contributed by atoms with Gasteiger partial charge in [-0.15, -0.1) is 0 Å². The van der Waals surface area contributed by atoms with E-state index in [0.29, 0.717) is 26.1 Å². The molecule has 6 nitrogen and oxygen atoms in total. The lowest BCUT2D eigenvalue weighted by Gasteiger charge is -2.37. The molecule has 0 aromatic rings. The molecule has 1 N–H and O–H groups in total. The van der Waals surface area contributed by atoms with Gasteiger partial charge in [-0.3, -0.25) is 14.5 Å². The van der Waals surface area contributed by atoms with Crippen LogP contribution in [0.5, 0.6) is 0 Å². The smallest absolute Gasteiger partial charge is 0.305 e. The first kappa shape index (κ1) is 47.9. The zero-order valence-corrected chi connectivity index (χ0v) is 33.6. The third-order valence-corrected chi connectivity index (χ3v) is 10.3. The quantitative estimate of drug-likeness (QED) is 0.0512. The lowest BCUT2D eigenvalue weighted by atomic mass is 9.91. The van der Waals surface area contributed by atoms with Gasteiger partial charge in [0.15, 0.2) is 0 Å². The Bertz CT molecular complexity index is 717. The van der Waals surface area contributed by atoms with Crippen LogP contribution < -0.4 is 0 Å². The van der Waals surface area contributed by atoms with Crippen molar-refractivity contribution in [1.82, 2.24) is 4.90 Å². The van der Waals surface area contributed by atoms with Crippen molar-refractivity contribution in [3.8, 4) is 0 Å². The second-order valence-electron chi connectivity index (χ2n) is 15.6. The molecule has 0 amide bonds. The summed E-state index contributed by atoms with van der Waals surface area (Å²) in [5.41, 5.74) is -0.247. The number of unbranched alkanes of at least 4 members (excludes halogenated alkanes) is 18. The average Bonchev–Trinajstić information content (AvgIpc) is 3.09. The van der Waals surface area contributed by atoms with Crippen molar-refractivity contribution < 1.29 is 24.2 Å². The monoisotopic (exact) mass is 696 g/mol. The fourth-order valence-corrected chi connectivity index (χ4v) is 6.77. The number of hydrogen-bond donors (Lipinski definition) is 1. The van der Waals surface area contributed by atoms with E-state index in [1.807, 2.05) is 0 Å². The van der Waals surface area contributed by atoms with Crippen molar-refractivity contribution in [2.24, 2.45) is 5.92 Å². The highest BCUT2D eigenvalue weighted by Crippen LogP contribution is 2.23. The number of hydrogen-bond acceptors (Lipinski definition) is 6. The molecule has 0 aliphatic rings. The van der Waals surface area contributed by atoms with Crippen molar-refractivity contribution >= 4 is 11.9 Å². The van der Waals surface area contributed by atoms with Crippen LogP contribution in [0.25, 0.3) is 0 Å². The number of ether oxygens (including phenoxy) is 2. The van der Waals surface area contributed by atoms with Gasteiger partial charge in [-0.25, -0.2) is 0 Å². The molecule has 49 heavy (non-hydrogen) atoms. The summed E-state index contributed by atoms with van der Waals surface area (Å²) < 4.78 is 11.0. The van der Waals surface area contributed by atoms with E-state index in [4.69, 9.17) is 9.47 Å². The Morgan fingerprint density at radius 2 is 0.878 bits per heavy atom. The molecule has 0 atom stereocenters. The van der Waals surface area contributed by atoms with Gasteiger partial charge in [0.2, 0.25) is 0 Å². The average molecular weight is 696 g/mol. The number of carbonyl (C=O) groups excluding carboxylic acids is 2. The summed E-state index contributed by atoms with van der Waals surface area (Å²) in [5.74, 6) is 0.710. The molecule has 0 fully saturated rings. The standard InChI is InChI=1S/C43H85NO5/c1-6-9-12-13-14-15-16-20-28-37-48-41(46)34-25-21-27-36-44(43(4,5)39-45)35-26-19-17-18-24-33-42(47)49-38-29-32-40(30-22-10-7-2)31-23-11-8-3/h40,45H,6-39H2,1-5H3. The largest absolute Gasteiger partial charge is 0.466 e. The second-order valence-corrected chi connectivity index (χ2v) is 15.6. The van der Waals surface area contributed by atoms with Gasteiger partial charge < -0.3 is 14.6 Å². The predicted octanol–water partition coefficient (Wildman–Crippen LogP) is 12.1. The maximum Gasteiger partial charge on any atom is 0.305 e. The lowest BCUT2D eigenvalue weighted by Crippen LogP contribution is -2.47. The van der Waals surface area contributed by atoms with E-state index < -0.39 is 0 Å². The molecule has 6 heteroatoms. The van der Waals surface area contributed by atoms with E-state index >= 15 is 0 Å². The molecule has 0 aromatic carbocycles. The summed E-state index contributed by atoms with van der Waals surface area (Å²) in [4.78, 5) is 26.8. The van der Waals surface area contributed by atoms with E-state index in [-0.39, 0.29) is 24.1 Å². The number of aliphatic hydroxyl groups is 1. The minimum Gasteiger partial charge on any atom is -0.466 e. The third-order valence-electron chi connectivity index (χ3n) is 10.3. The Kier molecular flexibility index (Phi) is 34.5. The van der Waals surface area contributed by atoms with Crippen molar-refractivity contribution in [2.45, 2.75) is 226 Å². The van der Waals surface area contributed by atoms with Gasteiger partial charge in [0, 0.05) is 18.4 Å². The summed E-state index contributed by atoms with van der Waals surface area (Å²) >= 11 is 0. The Hall–Kier alpha value is -1.14. The summed E-state index contributed by atoms with van der Waals surface area (Å²) in [5, 5.41) is 10.0. The molecule has 0 unspecified atom stereocenters. The molecule has 0 saturated heterocycles. The van der Waals surface area contributed by atoms with Gasteiger partial charge in [0.1, 0.15) is 0 Å². The van der Waals surface area contributed by atoms with E-state index in [2.05, 4.69) is 39.5 Å². The molecule has 292 valence electrons. The lowest BCUT2D eigenvalue weighted by molar-refractivity contribution is -0.144. The summed E-state index contributed by atoms with van der Waals surface area (Å²) in [6.45, 7) is 14.2. The first-order chi connectivity index (χ1) is 23.8. The molecule has 0 heterocycles. The molecule has 0 aromatic heterocycles. The van der Waals surface area contributed by atoms with Crippen molar-refractivity contribution in [3.63, 3.8) is 0 Å². The zero-order valence-electron chi connectivity index (χ0n) is 33.6. The van der Waals surface area contributed by atoms with Crippen LogP contribution in [0, 0.1) is 5.92 Å². The number of esters is 2. The van der Waals surface area contributed by atoms with E-state index in [9.17, 15) is 14.7 Å². The molecule has 0 aliphatic carbocycles. The van der Waals surface area contributed by atoms with Crippen LogP contribution in [-0.2, 0) is 19.1 Å². The maximum absolute atomic E-state index is 12.3. The van der Waals surface area contributed by atoms with Crippen molar-refractivity contribution in [3.05, 3.63) is 0 Å². The summed E-state index contributed by atoms with van der Waals surface area (Å²) in [6.07, 6.45) is 33.4. The highest BCUT2D eigenvalue weighted by molar-refractivity contribution is 5.69. The van der Waals surface area contributed by atoms with Gasteiger partial charge >= 0.3 is 11.9 Å². The Morgan fingerprint density at radius 3 is 1.37 bits per heavy atom. The Labute approximate surface area is 305 Å². The van der Waals surface area contributed by atoms with Gasteiger partial charge in [0.05, 0.1) is 19.8 Å². The highest BCUT2D eigenvalue weighted by atomic mass is 16.5. The Morgan fingerprint density at radius 1 is 0.510 bits per heavy atom. The van der Waals surface area contributed by atoms with E-state index in [1.165, 1.54) is 103 Å². The van der Waals surface area contributed by atoms with Crippen molar-refractivity contribution in [1.29, 1.82) is 0 Å². The van der Waals surface area contributed by atoms with Gasteiger partial charge in [0.25, 0.3) is 0 Å². The zero-order chi connectivity index (χ0) is 36.3. The molecular weight excluding hydrogens is 610 g/mol. The first-order valence-electron chi connectivity index (χ1n) is 21.5. The van der Waals surface area contributed by atoms with Crippen LogP contribution in [-0.4, -0.2) is 60.4 Å². The topological polar surface area (TPSA) is 76.1 Å². The number of rotatable bonds is 38. The molecule has 0 radical (unpaired) electrons. The maximum atomic E-state index is 12.3. The fraction of sp³-hybridized carbons (Fsp3) is 0.953. The number of aliphatic hydroxyl groups excluding tert-OH is 1. The fourth-order valence-electron chi connectivity index (χ4n) is 6.77. The van der Waals surface area contributed by atoms with Crippen LogP contribution in [0.3, 0.4) is 0 Å². The van der Waals surface area contributed by atoms with Crippen LogP contribution in [0.15, 0.2) is 0 Å². The van der Waals surface area contributed by atoms with E-state index in [0.717, 1.165) is 89.6 Å². The van der Waals surface area contributed by atoms with Crippen LogP contribution in [0.4, 0.5) is 0 Å². The number of carbonyl (C=O) groups is 2. The van der Waals surface area contributed by atoms with Crippen LogP contribution in [0.1, 0.15) is 221 Å². The first-order valence-corrected chi connectivity index (χ1v) is 21.5. The van der Waals surface area contributed by atoms with Gasteiger partial charge in [-0.05, 0) is 77.8 Å². The minimum atomic E-state index is -0.247. The minimum absolute atomic E-state index is 0.0311. The second kappa shape index (κ2) is 35.3. The summed E-state index contributed by atoms with van der Waals surface area (Å²) in [6, 6.07) is 0. The van der Waals surface area contributed by atoms with Crippen LogP contribution >= 0.6 is 0 Å². The SMILES string of the molecule is CCCCCCCCCCCOC(=O)CCCCCN(CCCCCCCC(=O)OCCCC(CCCCC)CCCCC)C(C)(C)CO. The molecule has 0 saturated carbocycles. The normalized spacial score (nSPS) is 11.9. The highest BCUT2D eigenvalue weighted by Gasteiger charge is 2.25. The van der Waals surface area contributed by atoms with Gasteiger partial charge in [-0.2, -0.15) is 0 Å². The molecule has 0 rings (SSSR count). The third kappa shape index (κ3) is 31.3. The van der Waals surface area contributed by atoms with Crippen molar-refractivity contribution in [2.75, 3.05) is 32.9 Å². The molecule has 0 bridgehead atoms. The predicted molar refractivity (Wildman–Crippen MR) is 209 cm³/mol. The summed E-state index contributed by atoms with van der Waals surface area (Å²) in [7, 11) is 0.